The van der Waals surface area contributed by atoms with Crippen molar-refractivity contribution >= 4 is 5.91 Å². The van der Waals surface area contributed by atoms with Gasteiger partial charge in [0.15, 0.2) is 0 Å². The molecule has 1 rings (SSSR count). The molecule has 0 fully saturated rings. The summed E-state index contributed by atoms with van der Waals surface area (Å²) in [7, 11) is 0. The second-order valence-corrected chi connectivity index (χ2v) is 5.43. The summed E-state index contributed by atoms with van der Waals surface area (Å²) in [6.45, 7) is 8.75. The Balaban J connectivity index is 2.57. The predicted molar refractivity (Wildman–Crippen MR) is 74.1 cm³/mol. The van der Waals surface area contributed by atoms with Crippen LogP contribution in [0, 0.1) is 0 Å². The van der Waals surface area contributed by atoms with E-state index < -0.39 is 0 Å². The summed E-state index contributed by atoms with van der Waals surface area (Å²) in [6.07, 6.45) is 2.17. The molecule has 1 amide bonds. The SMILES string of the molecule is CCCCOc1ccc(C(=O)NC(C)(C)C)cc1. The fourth-order valence-electron chi connectivity index (χ4n) is 1.45. The van der Waals surface area contributed by atoms with E-state index in [-0.39, 0.29) is 11.4 Å². The Morgan fingerprint density at radius 1 is 1.22 bits per heavy atom. The largest absolute Gasteiger partial charge is 0.494 e. The highest BCUT2D eigenvalue weighted by molar-refractivity contribution is 5.94. The van der Waals surface area contributed by atoms with Crippen LogP contribution in [0.3, 0.4) is 0 Å². The highest BCUT2D eigenvalue weighted by Gasteiger charge is 2.14. The maximum absolute atomic E-state index is 11.9. The fourth-order valence-corrected chi connectivity index (χ4v) is 1.45. The number of carbonyl (C=O) groups excluding carboxylic acids is 1. The number of nitrogens with one attached hydrogen (secondary N) is 1. The lowest BCUT2D eigenvalue weighted by atomic mass is 10.1. The first-order valence-electron chi connectivity index (χ1n) is 6.48. The summed E-state index contributed by atoms with van der Waals surface area (Å²) < 4.78 is 5.55. The van der Waals surface area contributed by atoms with E-state index in [1.165, 1.54) is 0 Å². The molecule has 0 unspecified atom stereocenters. The van der Waals surface area contributed by atoms with Crippen LogP contribution in [0.1, 0.15) is 50.9 Å². The highest BCUT2D eigenvalue weighted by atomic mass is 16.5. The Kier molecular flexibility index (Phi) is 5.20. The third kappa shape index (κ3) is 5.21. The molecule has 0 aliphatic rings. The number of hydrogen-bond acceptors (Lipinski definition) is 2. The zero-order valence-corrected chi connectivity index (χ0v) is 11.7. The van der Waals surface area contributed by atoms with E-state index in [1.54, 1.807) is 12.1 Å². The third-order valence-electron chi connectivity index (χ3n) is 2.37. The van der Waals surface area contributed by atoms with Crippen LogP contribution in [0.25, 0.3) is 0 Å². The van der Waals surface area contributed by atoms with Crippen molar-refractivity contribution in [2.24, 2.45) is 0 Å². The molecule has 3 nitrogen and oxygen atoms in total. The second kappa shape index (κ2) is 6.43. The standard InChI is InChI=1S/C15H23NO2/c1-5-6-11-18-13-9-7-12(8-10-13)14(17)16-15(2,3)4/h7-10H,5-6,11H2,1-4H3,(H,16,17). The molecule has 0 aliphatic heterocycles. The van der Waals surface area contributed by atoms with E-state index in [2.05, 4.69) is 12.2 Å². The average molecular weight is 249 g/mol. The van der Waals surface area contributed by atoms with Crippen molar-refractivity contribution in [3.63, 3.8) is 0 Å². The van der Waals surface area contributed by atoms with Crippen molar-refractivity contribution in [1.82, 2.24) is 5.32 Å². The van der Waals surface area contributed by atoms with Crippen molar-refractivity contribution in [1.29, 1.82) is 0 Å². The summed E-state index contributed by atoms with van der Waals surface area (Å²) in [5.74, 6) is 0.762. The number of carbonyl (C=O) groups is 1. The van der Waals surface area contributed by atoms with Gasteiger partial charge in [0.05, 0.1) is 6.61 Å². The Bertz CT molecular complexity index is 376. The van der Waals surface area contributed by atoms with Gasteiger partial charge in [0.1, 0.15) is 5.75 Å². The second-order valence-electron chi connectivity index (χ2n) is 5.43. The summed E-state index contributed by atoms with van der Waals surface area (Å²) in [6, 6.07) is 7.27. The first-order chi connectivity index (χ1) is 8.42. The van der Waals surface area contributed by atoms with Gasteiger partial charge in [-0.2, -0.15) is 0 Å². The van der Waals surface area contributed by atoms with Gasteiger partial charge >= 0.3 is 0 Å². The molecule has 0 bridgehead atoms. The zero-order valence-electron chi connectivity index (χ0n) is 11.7. The molecule has 0 spiro atoms. The van der Waals surface area contributed by atoms with Gasteiger partial charge in [-0.05, 0) is 51.5 Å². The summed E-state index contributed by atoms with van der Waals surface area (Å²) in [5, 5.41) is 2.93. The number of benzene rings is 1. The number of unbranched alkanes of at least 4 members (excludes halogenated alkanes) is 1. The molecule has 0 saturated heterocycles. The quantitative estimate of drug-likeness (QED) is 0.812. The van der Waals surface area contributed by atoms with Gasteiger partial charge in [-0.25, -0.2) is 0 Å². The maximum Gasteiger partial charge on any atom is 0.251 e. The molecular weight excluding hydrogens is 226 g/mol. The number of rotatable bonds is 5. The first-order valence-corrected chi connectivity index (χ1v) is 6.48. The Morgan fingerprint density at radius 3 is 2.33 bits per heavy atom. The van der Waals surface area contributed by atoms with Gasteiger partial charge in [-0.1, -0.05) is 13.3 Å². The molecule has 1 aromatic carbocycles. The molecule has 0 saturated carbocycles. The Hall–Kier alpha value is -1.51. The molecule has 100 valence electrons. The summed E-state index contributed by atoms with van der Waals surface area (Å²) >= 11 is 0. The topological polar surface area (TPSA) is 38.3 Å². The Morgan fingerprint density at radius 2 is 1.83 bits per heavy atom. The van der Waals surface area contributed by atoms with Crippen LogP contribution in [0.15, 0.2) is 24.3 Å². The van der Waals surface area contributed by atoms with Gasteiger partial charge in [-0.3, -0.25) is 4.79 Å². The minimum atomic E-state index is -0.215. The smallest absolute Gasteiger partial charge is 0.251 e. The Labute approximate surface area is 110 Å². The van der Waals surface area contributed by atoms with Crippen LogP contribution in [-0.2, 0) is 0 Å². The normalized spacial score (nSPS) is 11.1. The average Bonchev–Trinajstić information content (AvgIpc) is 2.28. The number of ether oxygens (including phenoxy) is 1. The van der Waals surface area contributed by atoms with Crippen LogP contribution >= 0.6 is 0 Å². The van der Waals surface area contributed by atoms with Crippen molar-refractivity contribution in [3.05, 3.63) is 29.8 Å². The molecule has 18 heavy (non-hydrogen) atoms. The lowest BCUT2D eigenvalue weighted by Crippen LogP contribution is -2.40. The van der Waals surface area contributed by atoms with Gasteiger partial charge in [0, 0.05) is 11.1 Å². The molecule has 0 radical (unpaired) electrons. The van der Waals surface area contributed by atoms with Crippen LogP contribution in [0.5, 0.6) is 5.75 Å². The van der Waals surface area contributed by atoms with Gasteiger partial charge < -0.3 is 10.1 Å². The first kappa shape index (κ1) is 14.6. The molecule has 1 aromatic rings. The van der Waals surface area contributed by atoms with E-state index in [0.29, 0.717) is 5.56 Å². The lowest BCUT2D eigenvalue weighted by molar-refractivity contribution is 0.0919. The molecule has 0 aliphatic carbocycles. The third-order valence-corrected chi connectivity index (χ3v) is 2.37. The molecule has 0 atom stereocenters. The van der Waals surface area contributed by atoms with Crippen LogP contribution in [0.4, 0.5) is 0 Å². The van der Waals surface area contributed by atoms with Gasteiger partial charge in [-0.15, -0.1) is 0 Å². The van der Waals surface area contributed by atoms with Crippen LogP contribution in [-0.4, -0.2) is 18.1 Å². The van der Waals surface area contributed by atoms with Crippen molar-refractivity contribution in [3.8, 4) is 5.75 Å². The van der Waals surface area contributed by atoms with Crippen LogP contribution in [0.2, 0.25) is 0 Å². The molecule has 1 N–H and O–H groups in total. The van der Waals surface area contributed by atoms with Gasteiger partial charge in [0.25, 0.3) is 5.91 Å². The molecule has 0 aromatic heterocycles. The highest BCUT2D eigenvalue weighted by Crippen LogP contribution is 2.13. The van der Waals surface area contributed by atoms with E-state index >= 15 is 0 Å². The monoisotopic (exact) mass is 249 g/mol. The van der Waals surface area contributed by atoms with E-state index in [9.17, 15) is 4.79 Å². The van der Waals surface area contributed by atoms with E-state index in [4.69, 9.17) is 4.74 Å². The van der Waals surface area contributed by atoms with Crippen molar-refractivity contribution in [2.75, 3.05) is 6.61 Å². The fraction of sp³-hybridized carbons (Fsp3) is 0.533. The summed E-state index contributed by atoms with van der Waals surface area (Å²) in [4.78, 5) is 11.9. The van der Waals surface area contributed by atoms with E-state index in [1.807, 2.05) is 32.9 Å². The number of amides is 1. The molecule has 3 heteroatoms. The molecular formula is C15H23NO2. The molecule has 0 heterocycles. The predicted octanol–water partition coefficient (Wildman–Crippen LogP) is 3.39. The van der Waals surface area contributed by atoms with Crippen molar-refractivity contribution < 1.29 is 9.53 Å². The maximum atomic E-state index is 11.9. The minimum absolute atomic E-state index is 0.0531. The number of hydrogen-bond donors (Lipinski definition) is 1. The lowest BCUT2D eigenvalue weighted by Gasteiger charge is -2.20. The van der Waals surface area contributed by atoms with Crippen molar-refractivity contribution in [2.45, 2.75) is 46.1 Å². The minimum Gasteiger partial charge on any atom is -0.494 e. The van der Waals surface area contributed by atoms with Gasteiger partial charge in [0.2, 0.25) is 0 Å². The summed E-state index contributed by atoms with van der Waals surface area (Å²) in [5.41, 5.74) is 0.445. The zero-order chi connectivity index (χ0) is 13.6. The van der Waals surface area contributed by atoms with Crippen LogP contribution < -0.4 is 10.1 Å². The van der Waals surface area contributed by atoms with E-state index in [0.717, 1.165) is 25.2 Å².